The van der Waals surface area contributed by atoms with Crippen molar-refractivity contribution in [3.8, 4) is 11.5 Å². The lowest BCUT2D eigenvalue weighted by molar-refractivity contribution is -0.128. The van der Waals surface area contributed by atoms with Gasteiger partial charge in [0, 0.05) is 29.8 Å². The van der Waals surface area contributed by atoms with Crippen molar-refractivity contribution in [3.05, 3.63) is 41.2 Å². The quantitative estimate of drug-likeness (QED) is 0.407. The maximum absolute atomic E-state index is 14.2. The van der Waals surface area contributed by atoms with E-state index in [9.17, 15) is 17.4 Å². The minimum atomic E-state index is -4.14. The van der Waals surface area contributed by atoms with Crippen molar-refractivity contribution in [2.24, 2.45) is 16.7 Å². The highest BCUT2D eigenvalue weighted by molar-refractivity contribution is 7.91. The van der Waals surface area contributed by atoms with Crippen molar-refractivity contribution < 1.29 is 26.9 Å². The standard InChI is InChI=1S/C27H33N3O6S2/c1-16-13-28-21(17(2)24(16)36-6)14-37(32)25-29-20-12-19(35-5)7-8-22(20)30(25)38(33,34)15-27-10-9-18(11-23(27)31)26(27,3)4/h7-8,12-13,18H,9-11,14-15H2,1-6H3/t18-,27+,37?/m0/s1. The van der Waals surface area contributed by atoms with Gasteiger partial charge in [-0.15, -0.1) is 0 Å². The highest BCUT2D eigenvalue weighted by Gasteiger charge is 2.65. The van der Waals surface area contributed by atoms with Crippen molar-refractivity contribution in [3.63, 3.8) is 0 Å². The van der Waals surface area contributed by atoms with Gasteiger partial charge in [0.2, 0.25) is 15.2 Å². The SMILES string of the molecule is COc1ccc2c(c1)nc(S(=O)Cc1ncc(C)c(OC)c1C)n2S(=O)(=O)C[C@]12CC[C@@H](CC1=O)C2(C)C. The van der Waals surface area contributed by atoms with Crippen LogP contribution in [-0.4, -0.2) is 52.3 Å². The molecule has 11 heteroatoms. The molecule has 0 amide bonds. The molecule has 0 spiro atoms. The first kappa shape index (κ1) is 26.8. The lowest BCUT2D eigenvalue weighted by Gasteiger charge is -2.36. The van der Waals surface area contributed by atoms with Gasteiger partial charge in [0.05, 0.1) is 58.7 Å². The van der Waals surface area contributed by atoms with Crippen LogP contribution in [-0.2, 0) is 31.4 Å². The average Bonchev–Trinajstić information content (AvgIpc) is 3.42. The van der Waals surface area contributed by atoms with E-state index >= 15 is 0 Å². The molecule has 2 fully saturated rings. The van der Waals surface area contributed by atoms with Crippen LogP contribution in [0.1, 0.15) is 49.9 Å². The van der Waals surface area contributed by atoms with Gasteiger partial charge in [-0.3, -0.25) is 14.0 Å². The summed E-state index contributed by atoms with van der Waals surface area (Å²) in [5.74, 6) is 0.933. The number of carbonyl (C=O) groups is 1. The van der Waals surface area contributed by atoms with Crippen LogP contribution in [0.5, 0.6) is 11.5 Å². The summed E-state index contributed by atoms with van der Waals surface area (Å²) in [5, 5.41) is -0.0943. The third-order valence-corrected chi connectivity index (χ3v) is 12.0. The fourth-order valence-corrected chi connectivity index (χ4v) is 10.3. The Morgan fingerprint density at radius 3 is 2.53 bits per heavy atom. The van der Waals surface area contributed by atoms with E-state index in [-0.39, 0.29) is 28.4 Å². The van der Waals surface area contributed by atoms with Gasteiger partial charge in [-0.25, -0.2) is 17.4 Å². The van der Waals surface area contributed by atoms with Crippen LogP contribution < -0.4 is 9.47 Å². The zero-order valence-electron chi connectivity index (χ0n) is 22.5. The monoisotopic (exact) mass is 559 g/mol. The van der Waals surface area contributed by atoms with Gasteiger partial charge in [-0.2, -0.15) is 0 Å². The van der Waals surface area contributed by atoms with Crippen molar-refractivity contribution >= 4 is 37.6 Å². The molecule has 0 aliphatic heterocycles. The van der Waals surface area contributed by atoms with Crippen LogP contribution in [0.15, 0.2) is 29.6 Å². The lowest BCUT2D eigenvalue weighted by Crippen LogP contribution is -2.43. The van der Waals surface area contributed by atoms with Crippen LogP contribution in [0.3, 0.4) is 0 Å². The van der Waals surface area contributed by atoms with Crippen LogP contribution >= 0.6 is 0 Å². The van der Waals surface area contributed by atoms with Gasteiger partial charge in [0.25, 0.3) is 0 Å². The Balaban J connectivity index is 1.62. The van der Waals surface area contributed by atoms with Crippen LogP contribution in [0.4, 0.5) is 0 Å². The lowest BCUT2D eigenvalue weighted by atomic mass is 9.70. The highest BCUT2D eigenvalue weighted by Crippen LogP contribution is 2.64. The average molecular weight is 560 g/mol. The molecule has 1 unspecified atom stereocenters. The number of aryl methyl sites for hydroxylation is 1. The van der Waals surface area contributed by atoms with E-state index in [0.29, 0.717) is 41.1 Å². The number of rotatable bonds is 8. The number of nitrogens with zero attached hydrogens (tertiary/aromatic N) is 3. The molecule has 3 aromatic rings. The molecule has 3 atom stereocenters. The van der Waals surface area contributed by atoms with Gasteiger partial charge in [0.15, 0.2) is 0 Å². The molecule has 38 heavy (non-hydrogen) atoms. The first-order valence-electron chi connectivity index (χ1n) is 12.6. The highest BCUT2D eigenvalue weighted by atomic mass is 32.2. The molecule has 2 aliphatic carbocycles. The predicted molar refractivity (Wildman–Crippen MR) is 144 cm³/mol. The fourth-order valence-electron chi connectivity index (χ4n) is 6.44. The number of fused-ring (bicyclic) bond motifs is 3. The Morgan fingerprint density at radius 2 is 1.92 bits per heavy atom. The molecule has 9 nitrogen and oxygen atoms in total. The molecule has 2 bridgehead atoms. The molecule has 1 aromatic carbocycles. The summed E-state index contributed by atoms with van der Waals surface area (Å²) in [4.78, 5) is 22.1. The van der Waals surface area contributed by atoms with Crippen molar-refractivity contribution in [2.45, 2.75) is 57.9 Å². The first-order chi connectivity index (χ1) is 17.9. The molecule has 0 radical (unpaired) electrons. The van der Waals surface area contributed by atoms with Crippen molar-refractivity contribution in [1.82, 2.24) is 13.9 Å². The topological polar surface area (TPSA) is 117 Å². The first-order valence-corrected chi connectivity index (χ1v) is 15.5. The van der Waals surface area contributed by atoms with Crippen LogP contribution in [0, 0.1) is 30.6 Å². The summed E-state index contributed by atoms with van der Waals surface area (Å²) in [5.41, 5.74) is 1.36. The van der Waals surface area contributed by atoms with E-state index < -0.39 is 31.7 Å². The number of benzene rings is 1. The van der Waals surface area contributed by atoms with E-state index in [0.717, 1.165) is 21.5 Å². The summed E-state index contributed by atoms with van der Waals surface area (Å²) in [6.45, 7) is 7.71. The maximum atomic E-state index is 14.2. The van der Waals surface area contributed by atoms with Crippen LogP contribution in [0.2, 0.25) is 0 Å². The number of ether oxygens (including phenoxy) is 2. The summed E-state index contributed by atoms with van der Waals surface area (Å²) < 4.78 is 54.1. The number of methoxy groups -OCH3 is 2. The van der Waals surface area contributed by atoms with E-state index in [1.165, 1.54) is 7.11 Å². The number of Topliss-reactive ketones (excluding diaryl/α,β-unsaturated/α-hetero) is 1. The third kappa shape index (κ3) is 3.88. The van der Waals surface area contributed by atoms with E-state index in [1.54, 1.807) is 31.5 Å². The molecule has 0 N–H and O–H groups in total. The second kappa shape index (κ2) is 9.15. The van der Waals surface area contributed by atoms with E-state index in [2.05, 4.69) is 9.97 Å². The minimum Gasteiger partial charge on any atom is -0.497 e. The molecule has 2 heterocycles. The van der Waals surface area contributed by atoms with Crippen molar-refractivity contribution in [2.75, 3.05) is 20.0 Å². The normalized spacial score (nSPS) is 23.2. The van der Waals surface area contributed by atoms with E-state index in [4.69, 9.17) is 9.47 Å². The second-order valence-corrected chi connectivity index (χ2v) is 14.1. The summed E-state index contributed by atoms with van der Waals surface area (Å²) >= 11 is 0. The molecule has 5 rings (SSSR count). The van der Waals surface area contributed by atoms with Gasteiger partial charge in [-0.05, 0) is 50.2 Å². The number of hydrogen-bond donors (Lipinski definition) is 0. The smallest absolute Gasteiger partial charge is 0.242 e. The molecule has 2 aliphatic rings. The molecular formula is C27H33N3O6S2. The number of pyridine rings is 1. The van der Waals surface area contributed by atoms with Crippen molar-refractivity contribution in [1.29, 1.82) is 0 Å². The number of ketones is 1. The fraction of sp³-hybridized carbons (Fsp3) is 0.519. The Labute approximate surface area is 225 Å². The van der Waals surface area contributed by atoms with E-state index in [1.807, 2.05) is 27.7 Å². The summed E-state index contributed by atoms with van der Waals surface area (Å²) in [6.07, 6.45) is 3.42. The maximum Gasteiger partial charge on any atom is 0.242 e. The molecule has 2 saturated carbocycles. The largest absolute Gasteiger partial charge is 0.497 e. The Hall–Kier alpha value is -2.79. The number of imidazole rings is 1. The van der Waals surface area contributed by atoms with Gasteiger partial charge in [-0.1, -0.05) is 13.8 Å². The predicted octanol–water partition coefficient (Wildman–Crippen LogP) is 3.95. The number of carbonyl (C=O) groups excluding carboxylic acids is 1. The zero-order chi connectivity index (χ0) is 27.6. The summed E-state index contributed by atoms with van der Waals surface area (Å²) in [7, 11) is -2.93. The summed E-state index contributed by atoms with van der Waals surface area (Å²) in [6, 6.07) is 4.87. The Bertz CT molecular complexity index is 1590. The molecule has 2 aromatic heterocycles. The zero-order valence-corrected chi connectivity index (χ0v) is 24.2. The van der Waals surface area contributed by atoms with Gasteiger partial charge >= 0.3 is 0 Å². The van der Waals surface area contributed by atoms with Gasteiger partial charge < -0.3 is 9.47 Å². The minimum absolute atomic E-state index is 0.00247. The molecule has 204 valence electrons. The number of hydrogen-bond acceptors (Lipinski definition) is 8. The molecular weight excluding hydrogens is 526 g/mol. The van der Waals surface area contributed by atoms with Crippen LogP contribution in [0.25, 0.3) is 11.0 Å². The Morgan fingerprint density at radius 1 is 1.18 bits per heavy atom. The Kier molecular flexibility index (Phi) is 6.45. The number of aromatic nitrogens is 3. The second-order valence-electron chi connectivity index (χ2n) is 11.0. The molecule has 0 saturated heterocycles. The third-order valence-electron chi connectivity index (χ3n) is 8.86. The van der Waals surface area contributed by atoms with Gasteiger partial charge in [0.1, 0.15) is 17.3 Å².